The zero-order valence-corrected chi connectivity index (χ0v) is 18.6. The molecule has 0 unspecified atom stereocenters. The number of fused-ring (bicyclic) bond motifs is 1. The van der Waals surface area contributed by atoms with Gasteiger partial charge in [0.15, 0.2) is 15.0 Å². The summed E-state index contributed by atoms with van der Waals surface area (Å²) >= 11 is 0.893. The number of amides is 1. The molecule has 2 heterocycles. The number of benzene rings is 1. The molecule has 2 aliphatic heterocycles. The molecule has 0 aliphatic carbocycles. The summed E-state index contributed by atoms with van der Waals surface area (Å²) in [6.45, 7) is 3.52. The van der Waals surface area contributed by atoms with Gasteiger partial charge in [-0.15, -0.1) is 0 Å². The molecule has 2 fully saturated rings. The number of hydrogen-bond acceptors (Lipinski definition) is 4. The second-order valence-corrected chi connectivity index (χ2v) is 11.0. The summed E-state index contributed by atoms with van der Waals surface area (Å²) in [7, 11) is -3.55. The summed E-state index contributed by atoms with van der Waals surface area (Å²) in [4.78, 5) is 17.6. The molecule has 3 rings (SSSR count). The number of amidine groups is 1. The minimum atomic E-state index is -5.06. The molecule has 32 heavy (non-hydrogen) atoms. The summed E-state index contributed by atoms with van der Waals surface area (Å²) in [6.07, 6.45) is -9.21. The smallest absolute Gasteiger partial charge is 0.316 e. The molecule has 0 spiro atoms. The first-order valence-electron chi connectivity index (χ1n) is 9.74. The number of carbonyl (C=O) groups is 1. The van der Waals surface area contributed by atoms with Crippen molar-refractivity contribution in [3.05, 3.63) is 29.3 Å². The van der Waals surface area contributed by atoms with Crippen LogP contribution in [0.3, 0.4) is 0 Å². The van der Waals surface area contributed by atoms with Gasteiger partial charge in [0.2, 0.25) is 0 Å². The van der Waals surface area contributed by atoms with Crippen molar-refractivity contribution in [2.75, 3.05) is 16.4 Å². The number of alkyl halides is 6. The maximum atomic E-state index is 13.3. The van der Waals surface area contributed by atoms with Crippen LogP contribution in [0.4, 0.5) is 32.0 Å². The number of hydrogen-bond donors (Lipinski definition) is 0. The molecule has 0 N–H and O–H groups in total. The van der Waals surface area contributed by atoms with E-state index in [1.165, 1.54) is 0 Å². The predicted molar refractivity (Wildman–Crippen MR) is 109 cm³/mol. The first-order chi connectivity index (χ1) is 14.7. The third-order valence-corrected chi connectivity index (χ3v) is 8.67. The highest BCUT2D eigenvalue weighted by molar-refractivity contribution is 8.16. The van der Waals surface area contributed by atoms with Crippen LogP contribution in [0.5, 0.6) is 0 Å². The van der Waals surface area contributed by atoms with Crippen LogP contribution in [0.2, 0.25) is 0 Å². The second-order valence-electron chi connectivity index (χ2n) is 7.68. The Hall–Kier alpha value is -1.76. The number of nitrogens with zero attached hydrogens (tertiary/aromatic N) is 2. The molecule has 1 aromatic carbocycles. The Labute approximate surface area is 185 Å². The van der Waals surface area contributed by atoms with Crippen LogP contribution in [0.15, 0.2) is 23.2 Å². The Bertz CT molecular complexity index is 1000. The minimum absolute atomic E-state index is 0.00174. The van der Waals surface area contributed by atoms with E-state index in [1.807, 2.05) is 0 Å². The van der Waals surface area contributed by atoms with E-state index < -0.39 is 67.9 Å². The predicted octanol–water partition coefficient (Wildman–Crippen LogP) is 4.76. The van der Waals surface area contributed by atoms with Crippen LogP contribution < -0.4 is 4.90 Å². The number of carbonyl (C=O) groups excluding carboxylic acids is 1. The number of rotatable bonds is 4. The molecule has 178 valence electrons. The molecule has 0 aromatic heterocycles. The number of thioether (sulfide) groups is 1. The summed E-state index contributed by atoms with van der Waals surface area (Å²) in [5.74, 6) is -1.77. The first kappa shape index (κ1) is 24.9. The van der Waals surface area contributed by atoms with Crippen molar-refractivity contribution in [1.29, 1.82) is 0 Å². The average Bonchev–Trinajstić information content (AvgIpc) is 3.11. The van der Waals surface area contributed by atoms with Gasteiger partial charge in [-0.3, -0.25) is 4.79 Å². The molecule has 1 aromatic rings. The van der Waals surface area contributed by atoms with Crippen LogP contribution >= 0.6 is 11.8 Å². The molecular formula is C19H20F6N2O3S2. The van der Waals surface area contributed by atoms with E-state index in [0.717, 1.165) is 16.7 Å². The van der Waals surface area contributed by atoms with E-state index in [9.17, 15) is 39.6 Å². The Balaban J connectivity index is 2.16. The van der Waals surface area contributed by atoms with Gasteiger partial charge in [0.1, 0.15) is 0 Å². The van der Waals surface area contributed by atoms with Crippen molar-refractivity contribution in [1.82, 2.24) is 0 Å². The summed E-state index contributed by atoms with van der Waals surface area (Å²) in [6, 6.07) is 0.130. The van der Waals surface area contributed by atoms with Gasteiger partial charge in [-0.2, -0.15) is 31.3 Å². The van der Waals surface area contributed by atoms with E-state index in [-0.39, 0.29) is 17.0 Å². The Morgan fingerprint density at radius 1 is 1.06 bits per heavy atom. The third kappa shape index (κ3) is 5.08. The van der Waals surface area contributed by atoms with Gasteiger partial charge < -0.3 is 4.90 Å². The molecule has 0 saturated carbocycles. The van der Waals surface area contributed by atoms with Crippen LogP contribution in [-0.2, 0) is 27.0 Å². The van der Waals surface area contributed by atoms with Gasteiger partial charge >= 0.3 is 12.4 Å². The van der Waals surface area contributed by atoms with E-state index in [4.69, 9.17) is 0 Å². The lowest BCUT2D eigenvalue weighted by atomic mass is 10.0. The van der Waals surface area contributed by atoms with Gasteiger partial charge in [0, 0.05) is 16.9 Å². The Morgan fingerprint density at radius 2 is 1.59 bits per heavy atom. The topological polar surface area (TPSA) is 66.8 Å². The number of halogens is 6. The minimum Gasteiger partial charge on any atom is -0.316 e. The second kappa shape index (κ2) is 8.54. The van der Waals surface area contributed by atoms with E-state index >= 15 is 0 Å². The van der Waals surface area contributed by atoms with Crippen LogP contribution in [0, 0.1) is 5.92 Å². The largest absolute Gasteiger partial charge is 0.416 e. The first-order valence-corrected chi connectivity index (χ1v) is 12.4. The Morgan fingerprint density at radius 3 is 2.06 bits per heavy atom. The van der Waals surface area contributed by atoms with Gasteiger partial charge in [-0.1, -0.05) is 25.6 Å². The van der Waals surface area contributed by atoms with E-state index in [0.29, 0.717) is 25.0 Å². The highest BCUT2D eigenvalue weighted by Crippen LogP contribution is 2.44. The van der Waals surface area contributed by atoms with Crippen molar-refractivity contribution in [2.45, 2.75) is 50.3 Å². The number of anilines is 1. The van der Waals surface area contributed by atoms with Crippen LogP contribution in [0.1, 0.15) is 37.8 Å². The summed E-state index contributed by atoms with van der Waals surface area (Å²) in [5.41, 5.74) is -3.55. The molecule has 2 atom stereocenters. The van der Waals surface area contributed by atoms with Gasteiger partial charge in [-0.05, 0) is 31.0 Å². The quantitative estimate of drug-likeness (QED) is 0.556. The zero-order valence-electron chi connectivity index (χ0n) is 17.0. The molecule has 1 amide bonds. The van der Waals surface area contributed by atoms with Gasteiger partial charge in [-0.25, -0.2) is 8.42 Å². The summed E-state index contributed by atoms with van der Waals surface area (Å²) in [5, 5.41) is -0.739. The lowest BCUT2D eigenvalue weighted by molar-refractivity contribution is -0.143. The van der Waals surface area contributed by atoms with Crippen molar-refractivity contribution >= 4 is 38.4 Å². The van der Waals surface area contributed by atoms with Crippen molar-refractivity contribution in [2.24, 2.45) is 10.9 Å². The number of sulfone groups is 1. The van der Waals surface area contributed by atoms with Crippen molar-refractivity contribution in [3.63, 3.8) is 0 Å². The zero-order chi connectivity index (χ0) is 24.1. The lowest BCUT2D eigenvalue weighted by Crippen LogP contribution is -2.38. The molecule has 5 nitrogen and oxygen atoms in total. The lowest BCUT2D eigenvalue weighted by Gasteiger charge is -2.26. The molecule has 0 radical (unpaired) electrons. The maximum Gasteiger partial charge on any atom is 0.416 e. The van der Waals surface area contributed by atoms with Crippen molar-refractivity contribution in [3.8, 4) is 0 Å². The monoisotopic (exact) mass is 502 g/mol. The van der Waals surface area contributed by atoms with Crippen LogP contribution in [0.25, 0.3) is 0 Å². The number of aliphatic imine (C=N–C) groups is 1. The fourth-order valence-electron chi connectivity index (χ4n) is 3.77. The maximum absolute atomic E-state index is 13.3. The normalized spacial score (nSPS) is 24.4. The van der Waals surface area contributed by atoms with Gasteiger partial charge in [0.05, 0.1) is 28.7 Å². The average molecular weight is 503 g/mol. The summed E-state index contributed by atoms with van der Waals surface area (Å²) < 4.78 is 104. The van der Waals surface area contributed by atoms with E-state index in [2.05, 4.69) is 4.99 Å². The SMILES string of the molecule is CCC(CC)C(=O)N=C1S[C@@H]2CS(=O)(=O)C[C@H]2N1c1cc(C(F)(F)F)cc(C(F)(F)F)c1. The molecule has 0 bridgehead atoms. The third-order valence-electron chi connectivity index (χ3n) is 5.46. The fourth-order valence-corrected chi connectivity index (χ4v) is 7.69. The molecule has 2 aliphatic rings. The molecular weight excluding hydrogens is 482 g/mol. The van der Waals surface area contributed by atoms with Crippen LogP contribution in [-0.4, -0.2) is 42.3 Å². The molecule has 2 saturated heterocycles. The van der Waals surface area contributed by atoms with Gasteiger partial charge in [0.25, 0.3) is 5.91 Å². The fraction of sp³-hybridized carbons (Fsp3) is 0.579. The van der Waals surface area contributed by atoms with E-state index in [1.54, 1.807) is 13.8 Å². The van der Waals surface area contributed by atoms with Crippen molar-refractivity contribution < 1.29 is 39.6 Å². The highest BCUT2D eigenvalue weighted by atomic mass is 32.2. The standard InChI is InChI=1S/C19H20F6N2O3S2/c1-3-10(4-2)16(28)26-17-27(14-8-32(29,30)9-15(14)31-17)13-6-11(18(20,21)22)5-12(7-13)19(23,24)25/h5-7,10,14-15H,3-4,8-9H2,1-2H3/t14-,15-/m1/s1. The highest BCUT2D eigenvalue weighted by Gasteiger charge is 2.50. The Kier molecular flexibility index (Phi) is 6.64. The molecule has 13 heteroatoms.